The Morgan fingerprint density at radius 2 is 1.94 bits per heavy atom. The number of rotatable bonds is 5. The molecule has 0 radical (unpaired) electrons. The van der Waals surface area contributed by atoms with Crippen LogP contribution in [0.3, 0.4) is 0 Å². The fourth-order valence-corrected chi connectivity index (χ4v) is 2.92. The zero-order valence-corrected chi connectivity index (χ0v) is 12.0. The largest absolute Gasteiger partial charge is 0.301 e. The van der Waals surface area contributed by atoms with Crippen molar-refractivity contribution in [1.82, 2.24) is 4.31 Å². The molecule has 0 aromatic heterocycles. The van der Waals surface area contributed by atoms with Crippen LogP contribution in [0, 0.1) is 5.82 Å². The van der Waals surface area contributed by atoms with Gasteiger partial charge in [-0.3, -0.25) is 4.72 Å². The van der Waals surface area contributed by atoms with Crippen LogP contribution in [0.25, 0.3) is 0 Å². The molecule has 7 heteroatoms. The molecule has 0 aliphatic rings. The van der Waals surface area contributed by atoms with Crippen LogP contribution in [0.2, 0.25) is 0 Å². The van der Waals surface area contributed by atoms with Gasteiger partial charge in [-0.05, 0) is 18.2 Å². The smallest absolute Gasteiger partial charge is 0.268 e. The maximum atomic E-state index is 13.5. The summed E-state index contributed by atoms with van der Waals surface area (Å²) in [7, 11) is -3.68. The zero-order chi connectivity index (χ0) is 13.1. The van der Waals surface area contributed by atoms with Crippen molar-refractivity contribution in [2.45, 2.75) is 13.8 Å². The van der Waals surface area contributed by atoms with Gasteiger partial charge in [0, 0.05) is 17.6 Å². The Hall–Kier alpha value is -0.660. The van der Waals surface area contributed by atoms with Crippen LogP contribution >= 0.6 is 15.9 Å². The maximum absolute atomic E-state index is 13.5. The fraction of sp³-hybridized carbons (Fsp3) is 0.400. The van der Waals surface area contributed by atoms with E-state index in [1.165, 1.54) is 16.4 Å². The van der Waals surface area contributed by atoms with Gasteiger partial charge < -0.3 is 0 Å². The van der Waals surface area contributed by atoms with Crippen LogP contribution in [-0.4, -0.2) is 25.8 Å². The van der Waals surface area contributed by atoms with Crippen molar-refractivity contribution in [3.05, 3.63) is 28.5 Å². The van der Waals surface area contributed by atoms with Crippen LogP contribution in [0.4, 0.5) is 10.1 Å². The van der Waals surface area contributed by atoms with E-state index in [-0.39, 0.29) is 5.69 Å². The molecule has 0 saturated heterocycles. The maximum Gasteiger partial charge on any atom is 0.301 e. The molecule has 4 nitrogen and oxygen atoms in total. The van der Waals surface area contributed by atoms with E-state index in [2.05, 4.69) is 20.7 Å². The Morgan fingerprint density at radius 3 is 2.41 bits per heavy atom. The minimum Gasteiger partial charge on any atom is -0.268 e. The molecule has 1 N–H and O–H groups in total. The molecule has 0 amide bonds. The average Bonchev–Trinajstić information content (AvgIpc) is 2.23. The highest BCUT2D eigenvalue weighted by molar-refractivity contribution is 9.10. The summed E-state index contributed by atoms with van der Waals surface area (Å²) in [6, 6.07) is 4.16. The van der Waals surface area contributed by atoms with Crippen molar-refractivity contribution in [1.29, 1.82) is 0 Å². The SMILES string of the molecule is CCN(CC)S(=O)(=O)Nc1ccc(Br)cc1F. The van der Waals surface area contributed by atoms with Gasteiger partial charge in [0.25, 0.3) is 0 Å². The first-order valence-electron chi connectivity index (χ1n) is 5.13. The van der Waals surface area contributed by atoms with Gasteiger partial charge in [-0.15, -0.1) is 0 Å². The lowest BCUT2D eigenvalue weighted by Crippen LogP contribution is -2.35. The predicted molar refractivity (Wildman–Crippen MR) is 69.6 cm³/mol. The summed E-state index contributed by atoms with van der Waals surface area (Å²) in [5, 5.41) is 0. The van der Waals surface area contributed by atoms with Crippen LogP contribution in [-0.2, 0) is 10.2 Å². The van der Waals surface area contributed by atoms with Crippen LogP contribution in [0.5, 0.6) is 0 Å². The Bertz CT molecular complexity index is 489. The molecule has 0 bridgehead atoms. The molecule has 0 aliphatic carbocycles. The van der Waals surface area contributed by atoms with Crippen molar-refractivity contribution in [2.24, 2.45) is 0 Å². The van der Waals surface area contributed by atoms with Crippen molar-refractivity contribution in [3.8, 4) is 0 Å². The van der Waals surface area contributed by atoms with E-state index in [0.717, 1.165) is 0 Å². The third-order valence-corrected chi connectivity index (χ3v) is 4.38. The Kier molecular flexibility index (Phi) is 4.91. The molecular formula is C10H14BrFN2O2S. The van der Waals surface area contributed by atoms with Gasteiger partial charge in [0.1, 0.15) is 5.82 Å². The van der Waals surface area contributed by atoms with E-state index in [1.54, 1.807) is 19.9 Å². The molecule has 0 aliphatic heterocycles. The Labute approximate surface area is 109 Å². The zero-order valence-electron chi connectivity index (χ0n) is 9.57. The third-order valence-electron chi connectivity index (χ3n) is 2.22. The third kappa shape index (κ3) is 3.65. The summed E-state index contributed by atoms with van der Waals surface area (Å²) in [4.78, 5) is 0. The molecule has 96 valence electrons. The number of halogens is 2. The molecule has 1 rings (SSSR count). The Balaban J connectivity index is 2.98. The number of hydrogen-bond acceptors (Lipinski definition) is 2. The average molecular weight is 325 g/mol. The van der Waals surface area contributed by atoms with Gasteiger partial charge in [-0.1, -0.05) is 29.8 Å². The number of hydrogen-bond donors (Lipinski definition) is 1. The van der Waals surface area contributed by atoms with Crippen molar-refractivity contribution < 1.29 is 12.8 Å². The second-order valence-corrected chi connectivity index (χ2v) is 5.90. The van der Waals surface area contributed by atoms with Crippen molar-refractivity contribution in [2.75, 3.05) is 17.8 Å². The van der Waals surface area contributed by atoms with Crippen LogP contribution < -0.4 is 4.72 Å². The summed E-state index contributed by atoms with van der Waals surface area (Å²) in [5.41, 5.74) is -0.0555. The van der Waals surface area contributed by atoms with Gasteiger partial charge in [-0.25, -0.2) is 4.39 Å². The summed E-state index contributed by atoms with van der Waals surface area (Å²) in [5.74, 6) is -0.616. The number of anilines is 1. The second-order valence-electron chi connectivity index (χ2n) is 3.32. The number of nitrogens with one attached hydrogen (secondary N) is 1. The van der Waals surface area contributed by atoms with E-state index < -0.39 is 16.0 Å². The molecule has 0 atom stereocenters. The lowest BCUT2D eigenvalue weighted by atomic mass is 10.3. The molecule has 0 heterocycles. The van der Waals surface area contributed by atoms with Crippen molar-refractivity contribution in [3.63, 3.8) is 0 Å². The first-order chi connectivity index (χ1) is 7.90. The Morgan fingerprint density at radius 1 is 1.35 bits per heavy atom. The first-order valence-corrected chi connectivity index (χ1v) is 7.37. The second kappa shape index (κ2) is 5.79. The van der Waals surface area contributed by atoms with Gasteiger partial charge in [0.2, 0.25) is 0 Å². The summed E-state index contributed by atoms with van der Waals surface area (Å²) in [6.45, 7) is 4.12. The number of benzene rings is 1. The number of nitrogens with zero attached hydrogens (tertiary/aromatic N) is 1. The minimum atomic E-state index is -3.68. The summed E-state index contributed by atoms with van der Waals surface area (Å²) >= 11 is 3.10. The lowest BCUT2D eigenvalue weighted by Gasteiger charge is -2.19. The molecule has 0 unspecified atom stereocenters. The van der Waals surface area contributed by atoms with E-state index >= 15 is 0 Å². The summed E-state index contributed by atoms with van der Waals surface area (Å²) in [6.07, 6.45) is 0. The molecule has 17 heavy (non-hydrogen) atoms. The van der Waals surface area contributed by atoms with E-state index in [1.807, 2.05) is 0 Å². The molecule has 0 fully saturated rings. The molecule has 1 aromatic rings. The molecular weight excluding hydrogens is 311 g/mol. The van der Waals surface area contributed by atoms with E-state index in [0.29, 0.717) is 17.6 Å². The monoisotopic (exact) mass is 324 g/mol. The quantitative estimate of drug-likeness (QED) is 0.905. The normalized spacial score (nSPS) is 11.8. The van der Waals surface area contributed by atoms with Crippen LogP contribution in [0.15, 0.2) is 22.7 Å². The van der Waals surface area contributed by atoms with Crippen molar-refractivity contribution >= 4 is 31.8 Å². The fourth-order valence-electron chi connectivity index (χ4n) is 1.34. The van der Waals surface area contributed by atoms with E-state index in [9.17, 15) is 12.8 Å². The minimum absolute atomic E-state index is 0.0555. The molecule has 1 aromatic carbocycles. The van der Waals surface area contributed by atoms with Gasteiger partial charge in [0.05, 0.1) is 5.69 Å². The van der Waals surface area contributed by atoms with E-state index in [4.69, 9.17) is 0 Å². The predicted octanol–water partition coefficient (Wildman–Crippen LogP) is 2.59. The van der Waals surface area contributed by atoms with Gasteiger partial charge >= 0.3 is 10.2 Å². The highest BCUT2D eigenvalue weighted by Gasteiger charge is 2.19. The molecule has 0 saturated carbocycles. The first kappa shape index (κ1) is 14.4. The van der Waals surface area contributed by atoms with Crippen LogP contribution in [0.1, 0.15) is 13.8 Å². The summed E-state index contributed by atoms with van der Waals surface area (Å²) < 4.78 is 41.1. The highest BCUT2D eigenvalue weighted by Crippen LogP contribution is 2.20. The topological polar surface area (TPSA) is 49.4 Å². The standard InChI is InChI=1S/C10H14BrFN2O2S/c1-3-14(4-2)17(15,16)13-10-6-5-8(11)7-9(10)12/h5-7,13H,3-4H2,1-2H3. The van der Waals surface area contributed by atoms with Gasteiger partial charge in [0.15, 0.2) is 0 Å². The lowest BCUT2D eigenvalue weighted by molar-refractivity contribution is 0.449. The molecule has 0 spiro atoms. The van der Waals surface area contributed by atoms with Gasteiger partial charge in [-0.2, -0.15) is 12.7 Å². The highest BCUT2D eigenvalue weighted by atomic mass is 79.9.